The maximum absolute atomic E-state index is 12.3. The number of aliphatic carboxylic acids is 1. The fourth-order valence-electron chi connectivity index (χ4n) is 1.75. The summed E-state index contributed by atoms with van der Waals surface area (Å²) in [6.45, 7) is 3.31. The molecule has 2 rings (SSSR count). The number of carbonyl (C=O) groups excluding carboxylic acids is 1. The number of carboxylic acid groups (broad SMARTS) is 1. The molecule has 1 aromatic rings. The summed E-state index contributed by atoms with van der Waals surface area (Å²) >= 11 is 1.27. The molecule has 1 unspecified atom stereocenters. The Hall–Kier alpha value is -1.43. The van der Waals surface area contributed by atoms with Crippen molar-refractivity contribution in [3.63, 3.8) is 0 Å². The lowest BCUT2D eigenvalue weighted by molar-refractivity contribution is -0.141. The van der Waals surface area contributed by atoms with Crippen molar-refractivity contribution in [2.45, 2.75) is 38.8 Å². The van der Waals surface area contributed by atoms with Crippen LogP contribution in [-0.2, 0) is 4.79 Å². The molecule has 1 fully saturated rings. The second-order valence-corrected chi connectivity index (χ2v) is 5.08. The quantitative estimate of drug-likeness (QED) is 0.884. The van der Waals surface area contributed by atoms with Crippen molar-refractivity contribution in [3.05, 3.63) is 16.1 Å². The molecule has 6 heteroatoms. The van der Waals surface area contributed by atoms with Gasteiger partial charge in [0, 0.05) is 6.04 Å². The van der Waals surface area contributed by atoms with Crippen LogP contribution in [0.2, 0.25) is 0 Å². The van der Waals surface area contributed by atoms with Crippen LogP contribution in [0.25, 0.3) is 0 Å². The molecule has 1 aliphatic rings. The van der Waals surface area contributed by atoms with E-state index in [4.69, 9.17) is 5.11 Å². The fourth-order valence-corrected chi connectivity index (χ4v) is 2.50. The monoisotopic (exact) mass is 254 g/mol. The molecule has 92 valence electrons. The topological polar surface area (TPSA) is 70.5 Å². The molecule has 1 aliphatic carbocycles. The lowest BCUT2D eigenvalue weighted by Crippen LogP contribution is -2.44. The minimum atomic E-state index is -0.965. The Morgan fingerprint density at radius 2 is 2.24 bits per heavy atom. The number of nitrogens with zero attached hydrogens (tertiary/aromatic N) is 2. The van der Waals surface area contributed by atoms with E-state index in [0.29, 0.717) is 10.6 Å². The van der Waals surface area contributed by atoms with Crippen LogP contribution in [0.1, 0.15) is 35.1 Å². The van der Waals surface area contributed by atoms with E-state index in [1.807, 2.05) is 0 Å². The van der Waals surface area contributed by atoms with E-state index in [9.17, 15) is 9.59 Å². The molecule has 1 amide bonds. The number of amides is 1. The van der Waals surface area contributed by atoms with E-state index < -0.39 is 12.0 Å². The van der Waals surface area contributed by atoms with Gasteiger partial charge in [-0.2, -0.15) is 0 Å². The largest absolute Gasteiger partial charge is 0.480 e. The molecule has 1 heterocycles. The zero-order valence-electron chi connectivity index (χ0n) is 9.71. The molecule has 0 spiro atoms. The van der Waals surface area contributed by atoms with Crippen molar-refractivity contribution >= 4 is 23.2 Å². The van der Waals surface area contributed by atoms with E-state index in [0.717, 1.165) is 12.8 Å². The SMILES string of the molecule is Cc1ncsc1C(=O)N(C1CC1)C(C)C(=O)O. The first-order valence-corrected chi connectivity index (χ1v) is 6.36. The van der Waals surface area contributed by atoms with Gasteiger partial charge in [0.1, 0.15) is 10.9 Å². The van der Waals surface area contributed by atoms with Gasteiger partial charge < -0.3 is 10.0 Å². The summed E-state index contributed by atoms with van der Waals surface area (Å²) in [5, 5.41) is 9.04. The predicted molar refractivity (Wildman–Crippen MR) is 63.1 cm³/mol. The van der Waals surface area contributed by atoms with Gasteiger partial charge in [-0.3, -0.25) is 4.79 Å². The number of hydrogen-bond acceptors (Lipinski definition) is 4. The molecule has 1 saturated carbocycles. The Labute approximate surface area is 103 Å². The average Bonchev–Trinajstić information content (AvgIpc) is 3.00. The summed E-state index contributed by atoms with van der Waals surface area (Å²) in [6, 6.07) is -0.702. The summed E-state index contributed by atoms with van der Waals surface area (Å²) in [5.41, 5.74) is 2.28. The van der Waals surface area contributed by atoms with Gasteiger partial charge in [0.05, 0.1) is 11.2 Å². The fraction of sp³-hybridized carbons (Fsp3) is 0.545. The van der Waals surface area contributed by atoms with Gasteiger partial charge >= 0.3 is 5.97 Å². The molecule has 1 atom stereocenters. The van der Waals surface area contributed by atoms with Gasteiger partial charge in [0.25, 0.3) is 5.91 Å². The van der Waals surface area contributed by atoms with E-state index >= 15 is 0 Å². The van der Waals surface area contributed by atoms with Crippen LogP contribution in [0.3, 0.4) is 0 Å². The molecule has 1 N–H and O–H groups in total. The second-order valence-electron chi connectivity index (χ2n) is 4.22. The zero-order valence-corrected chi connectivity index (χ0v) is 10.5. The minimum Gasteiger partial charge on any atom is -0.480 e. The number of carboxylic acids is 1. The smallest absolute Gasteiger partial charge is 0.326 e. The third-order valence-corrected chi connectivity index (χ3v) is 3.81. The van der Waals surface area contributed by atoms with E-state index in [2.05, 4.69) is 4.98 Å². The average molecular weight is 254 g/mol. The highest BCUT2D eigenvalue weighted by molar-refractivity contribution is 7.11. The first kappa shape index (κ1) is 12.0. The molecule has 0 bridgehead atoms. The Balaban J connectivity index is 2.25. The van der Waals surface area contributed by atoms with Crippen LogP contribution in [0.15, 0.2) is 5.51 Å². The molecular formula is C11H14N2O3S. The number of hydrogen-bond donors (Lipinski definition) is 1. The molecule has 0 saturated heterocycles. The third kappa shape index (κ3) is 2.31. The first-order valence-electron chi connectivity index (χ1n) is 5.48. The van der Waals surface area contributed by atoms with Crippen molar-refractivity contribution in [1.29, 1.82) is 0 Å². The van der Waals surface area contributed by atoms with Crippen LogP contribution in [0.5, 0.6) is 0 Å². The van der Waals surface area contributed by atoms with Gasteiger partial charge in [0.15, 0.2) is 0 Å². The van der Waals surface area contributed by atoms with Crippen LogP contribution in [0, 0.1) is 6.92 Å². The van der Waals surface area contributed by atoms with Crippen molar-refractivity contribution in [1.82, 2.24) is 9.88 Å². The molecule has 0 radical (unpaired) electrons. The predicted octanol–water partition coefficient (Wildman–Crippen LogP) is 1.53. The van der Waals surface area contributed by atoms with Gasteiger partial charge in [-0.1, -0.05) is 0 Å². The van der Waals surface area contributed by atoms with Crippen LogP contribution < -0.4 is 0 Å². The molecular weight excluding hydrogens is 240 g/mol. The van der Waals surface area contributed by atoms with Crippen LogP contribution in [-0.4, -0.2) is 39.0 Å². The normalized spacial score (nSPS) is 16.6. The van der Waals surface area contributed by atoms with Crippen molar-refractivity contribution in [2.75, 3.05) is 0 Å². The van der Waals surface area contributed by atoms with Gasteiger partial charge in [-0.25, -0.2) is 9.78 Å². The highest BCUT2D eigenvalue weighted by Gasteiger charge is 2.39. The maximum Gasteiger partial charge on any atom is 0.326 e. The minimum absolute atomic E-state index is 0.0788. The highest BCUT2D eigenvalue weighted by atomic mass is 32.1. The summed E-state index contributed by atoms with van der Waals surface area (Å²) in [7, 11) is 0. The van der Waals surface area contributed by atoms with Crippen molar-refractivity contribution < 1.29 is 14.7 Å². The summed E-state index contributed by atoms with van der Waals surface area (Å²) < 4.78 is 0. The first-order chi connectivity index (χ1) is 8.02. The number of rotatable bonds is 4. The Kier molecular flexibility index (Phi) is 3.15. The third-order valence-electron chi connectivity index (χ3n) is 2.89. The van der Waals surface area contributed by atoms with Crippen molar-refractivity contribution in [2.24, 2.45) is 0 Å². The molecule has 17 heavy (non-hydrogen) atoms. The van der Waals surface area contributed by atoms with E-state index in [1.54, 1.807) is 19.4 Å². The number of thiazole rings is 1. The molecule has 0 aromatic carbocycles. The lowest BCUT2D eigenvalue weighted by atomic mass is 10.2. The Bertz CT molecular complexity index is 453. The number of aryl methyl sites for hydroxylation is 1. The number of carbonyl (C=O) groups is 2. The highest BCUT2D eigenvalue weighted by Crippen LogP contribution is 2.31. The summed E-state index contributed by atoms with van der Waals surface area (Å²) in [5.74, 6) is -1.17. The van der Waals surface area contributed by atoms with Crippen LogP contribution in [0.4, 0.5) is 0 Å². The van der Waals surface area contributed by atoms with Gasteiger partial charge in [0.2, 0.25) is 0 Å². The van der Waals surface area contributed by atoms with Gasteiger partial charge in [-0.15, -0.1) is 11.3 Å². The van der Waals surface area contributed by atoms with Crippen molar-refractivity contribution in [3.8, 4) is 0 Å². The molecule has 5 nitrogen and oxygen atoms in total. The lowest BCUT2D eigenvalue weighted by Gasteiger charge is -2.26. The molecule has 0 aliphatic heterocycles. The zero-order chi connectivity index (χ0) is 12.6. The summed E-state index contributed by atoms with van der Waals surface area (Å²) in [4.78, 5) is 29.4. The van der Waals surface area contributed by atoms with Gasteiger partial charge in [-0.05, 0) is 26.7 Å². The second kappa shape index (κ2) is 4.44. The maximum atomic E-state index is 12.3. The Morgan fingerprint density at radius 3 is 2.65 bits per heavy atom. The number of aromatic nitrogens is 1. The van der Waals surface area contributed by atoms with E-state index in [-0.39, 0.29) is 11.9 Å². The van der Waals surface area contributed by atoms with Crippen LogP contribution >= 0.6 is 11.3 Å². The van der Waals surface area contributed by atoms with E-state index in [1.165, 1.54) is 16.2 Å². The standard InChI is InChI=1S/C11H14N2O3S/c1-6-9(17-5-12-6)10(14)13(8-3-4-8)7(2)11(15)16/h5,7-8H,3-4H2,1-2H3,(H,15,16). The summed E-state index contributed by atoms with van der Waals surface area (Å²) in [6.07, 6.45) is 1.78. The molecule has 1 aromatic heterocycles. The Morgan fingerprint density at radius 1 is 1.59 bits per heavy atom.